The van der Waals surface area contributed by atoms with Crippen molar-refractivity contribution in [2.75, 3.05) is 5.32 Å². The number of carbonyl (C=O) groups is 1. The fourth-order valence-corrected chi connectivity index (χ4v) is 2.59. The van der Waals surface area contributed by atoms with Crippen molar-refractivity contribution < 1.29 is 14.6 Å². The van der Waals surface area contributed by atoms with Gasteiger partial charge in [0.2, 0.25) is 0 Å². The maximum Gasteiger partial charge on any atom is 0.335 e. The lowest BCUT2D eigenvalue weighted by molar-refractivity contribution is 0.0697. The predicted octanol–water partition coefficient (Wildman–Crippen LogP) is 5.23. The van der Waals surface area contributed by atoms with Crippen LogP contribution < -0.4 is 10.1 Å². The van der Waals surface area contributed by atoms with Gasteiger partial charge in [0.25, 0.3) is 0 Å². The number of aromatic carboxylic acids is 1. The number of carboxylic acid groups (broad SMARTS) is 1. The van der Waals surface area contributed by atoms with Crippen molar-refractivity contribution in [1.29, 1.82) is 0 Å². The standard InChI is InChI=1S/C21H18ClNO3/c22-18-9-5-15(6-10-18)14-26-20-4-2-1-3-17(20)13-23-19-11-7-16(8-12-19)21(24)25/h1-12,23H,13-14H2,(H,24,25). The maximum absolute atomic E-state index is 10.9. The molecule has 0 spiro atoms. The van der Waals surface area contributed by atoms with E-state index in [1.54, 1.807) is 24.3 Å². The number of hydrogen-bond acceptors (Lipinski definition) is 3. The van der Waals surface area contributed by atoms with Crippen LogP contribution in [0.15, 0.2) is 72.8 Å². The van der Waals surface area contributed by atoms with E-state index in [0.29, 0.717) is 18.2 Å². The molecule has 4 nitrogen and oxygen atoms in total. The smallest absolute Gasteiger partial charge is 0.335 e. The van der Waals surface area contributed by atoms with E-state index in [1.165, 1.54) is 0 Å². The SMILES string of the molecule is O=C(O)c1ccc(NCc2ccccc2OCc2ccc(Cl)cc2)cc1. The second kappa shape index (κ2) is 8.41. The van der Waals surface area contributed by atoms with Crippen LogP contribution in [0.5, 0.6) is 5.75 Å². The van der Waals surface area contributed by atoms with Crippen molar-refractivity contribution in [2.24, 2.45) is 0 Å². The van der Waals surface area contributed by atoms with Crippen LogP contribution in [0.25, 0.3) is 0 Å². The lowest BCUT2D eigenvalue weighted by atomic mass is 10.1. The first-order chi connectivity index (χ1) is 12.6. The Hall–Kier alpha value is -2.98. The molecule has 0 unspecified atom stereocenters. The van der Waals surface area contributed by atoms with Crippen molar-refractivity contribution in [3.8, 4) is 5.75 Å². The second-order valence-corrected chi connectivity index (χ2v) is 6.20. The van der Waals surface area contributed by atoms with Crippen molar-refractivity contribution in [1.82, 2.24) is 0 Å². The van der Waals surface area contributed by atoms with Gasteiger partial charge in [-0.25, -0.2) is 4.79 Å². The van der Waals surface area contributed by atoms with Gasteiger partial charge in [-0.15, -0.1) is 0 Å². The molecule has 0 atom stereocenters. The summed E-state index contributed by atoms with van der Waals surface area (Å²) < 4.78 is 5.94. The first-order valence-corrected chi connectivity index (χ1v) is 8.52. The molecule has 0 amide bonds. The number of hydrogen-bond donors (Lipinski definition) is 2. The number of benzene rings is 3. The molecule has 0 aliphatic heterocycles. The zero-order valence-corrected chi connectivity index (χ0v) is 14.7. The van der Waals surface area contributed by atoms with Crippen LogP contribution in [0.3, 0.4) is 0 Å². The van der Waals surface area contributed by atoms with Crippen molar-refractivity contribution in [3.05, 3.63) is 94.5 Å². The quantitative estimate of drug-likeness (QED) is 0.600. The van der Waals surface area contributed by atoms with E-state index in [9.17, 15) is 4.79 Å². The zero-order valence-electron chi connectivity index (χ0n) is 14.0. The Morgan fingerprint density at radius 3 is 2.35 bits per heavy atom. The number of rotatable bonds is 7. The van der Waals surface area contributed by atoms with Crippen LogP contribution in [-0.4, -0.2) is 11.1 Å². The highest BCUT2D eigenvalue weighted by Crippen LogP contribution is 2.21. The van der Waals surface area contributed by atoms with E-state index in [1.807, 2.05) is 48.5 Å². The number of ether oxygens (including phenoxy) is 1. The average Bonchev–Trinajstić information content (AvgIpc) is 2.67. The Kier molecular flexibility index (Phi) is 5.77. The Labute approximate surface area is 157 Å². The maximum atomic E-state index is 10.9. The van der Waals surface area contributed by atoms with Gasteiger partial charge >= 0.3 is 5.97 Å². The van der Waals surface area contributed by atoms with Crippen molar-refractivity contribution >= 4 is 23.3 Å². The minimum Gasteiger partial charge on any atom is -0.489 e. The first-order valence-electron chi connectivity index (χ1n) is 8.14. The number of anilines is 1. The third-order valence-corrected chi connectivity index (χ3v) is 4.15. The summed E-state index contributed by atoms with van der Waals surface area (Å²) in [6.45, 7) is 1.03. The van der Waals surface area contributed by atoms with Gasteiger partial charge in [-0.2, -0.15) is 0 Å². The third-order valence-electron chi connectivity index (χ3n) is 3.90. The summed E-state index contributed by atoms with van der Waals surface area (Å²) in [5.74, 6) is -0.130. The molecule has 0 saturated carbocycles. The van der Waals surface area contributed by atoms with E-state index in [0.717, 1.165) is 22.6 Å². The van der Waals surface area contributed by atoms with Gasteiger partial charge in [0.15, 0.2) is 0 Å². The Bertz CT molecular complexity index is 877. The van der Waals surface area contributed by atoms with Gasteiger partial charge in [0.05, 0.1) is 5.56 Å². The summed E-state index contributed by atoms with van der Waals surface area (Å²) in [6.07, 6.45) is 0. The molecule has 5 heteroatoms. The predicted molar refractivity (Wildman–Crippen MR) is 103 cm³/mol. The summed E-state index contributed by atoms with van der Waals surface area (Å²) >= 11 is 5.90. The van der Waals surface area contributed by atoms with Gasteiger partial charge in [0.1, 0.15) is 12.4 Å². The topological polar surface area (TPSA) is 58.6 Å². The van der Waals surface area contributed by atoms with E-state index in [-0.39, 0.29) is 5.56 Å². The van der Waals surface area contributed by atoms with Crippen LogP contribution in [0.4, 0.5) is 5.69 Å². The molecule has 0 fully saturated rings. The third kappa shape index (κ3) is 4.77. The molecular formula is C21H18ClNO3. The summed E-state index contributed by atoms with van der Waals surface area (Å²) in [7, 11) is 0. The van der Waals surface area contributed by atoms with Gasteiger partial charge in [-0.05, 0) is 48.0 Å². The Morgan fingerprint density at radius 2 is 1.65 bits per heavy atom. The summed E-state index contributed by atoms with van der Waals surface area (Å²) in [6, 6.07) is 22.0. The highest BCUT2D eigenvalue weighted by molar-refractivity contribution is 6.30. The largest absolute Gasteiger partial charge is 0.489 e. The van der Waals surface area contributed by atoms with Gasteiger partial charge < -0.3 is 15.2 Å². The molecule has 0 aromatic heterocycles. The molecule has 0 saturated heterocycles. The highest BCUT2D eigenvalue weighted by atomic mass is 35.5. The van der Waals surface area contributed by atoms with Crippen molar-refractivity contribution in [2.45, 2.75) is 13.2 Å². The van der Waals surface area contributed by atoms with E-state index >= 15 is 0 Å². The summed E-state index contributed by atoms with van der Waals surface area (Å²) in [4.78, 5) is 10.9. The molecule has 0 aliphatic rings. The number of nitrogens with one attached hydrogen (secondary N) is 1. The normalized spacial score (nSPS) is 10.3. The number of para-hydroxylation sites is 1. The Morgan fingerprint density at radius 1 is 0.962 bits per heavy atom. The molecule has 0 aliphatic carbocycles. The number of carboxylic acids is 1. The van der Waals surface area contributed by atoms with Gasteiger partial charge in [-0.3, -0.25) is 0 Å². The van der Waals surface area contributed by atoms with Crippen LogP contribution >= 0.6 is 11.6 Å². The van der Waals surface area contributed by atoms with Crippen LogP contribution in [0.1, 0.15) is 21.5 Å². The fraction of sp³-hybridized carbons (Fsp3) is 0.0952. The lowest BCUT2D eigenvalue weighted by Crippen LogP contribution is -2.04. The average molecular weight is 368 g/mol. The molecule has 2 N–H and O–H groups in total. The second-order valence-electron chi connectivity index (χ2n) is 5.76. The molecule has 3 rings (SSSR count). The fourth-order valence-electron chi connectivity index (χ4n) is 2.46. The zero-order chi connectivity index (χ0) is 18.4. The van der Waals surface area contributed by atoms with Crippen LogP contribution in [0.2, 0.25) is 5.02 Å². The monoisotopic (exact) mass is 367 g/mol. The van der Waals surface area contributed by atoms with Gasteiger partial charge in [0, 0.05) is 22.8 Å². The molecular weight excluding hydrogens is 350 g/mol. The lowest BCUT2D eigenvalue weighted by Gasteiger charge is -2.13. The minimum absolute atomic E-state index is 0.266. The Balaban J connectivity index is 1.63. The molecule has 0 bridgehead atoms. The van der Waals surface area contributed by atoms with Crippen molar-refractivity contribution in [3.63, 3.8) is 0 Å². The minimum atomic E-state index is -0.933. The summed E-state index contributed by atoms with van der Waals surface area (Å²) in [5, 5.41) is 12.9. The molecule has 0 radical (unpaired) electrons. The van der Waals surface area contributed by atoms with Crippen LogP contribution in [0, 0.1) is 0 Å². The molecule has 3 aromatic carbocycles. The van der Waals surface area contributed by atoms with E-state index < -0.39 is 5.97 Å². The molecule has 132 valence electrons. The van der Waals surface area contributed by atoms with E-state index in [4.69, 9.17) is 21.4 Å². The molecule has 3 aromatic rings. The van der Waals surface area contributed by atoms with Gasteiger partial charge in [-0.1, -0.05) is 41.9 Å². The molecule has 26 heavy (non-hydrogen) atoms. The highest BCUT2D eigenvalue weighted by Gasteiger charge is 2.05. The van der Waals surface area contributed by atoms with E-state index in [2.05, 4.69) is 5.32 Å². The molecule has 0 heterocycles. The van der Waals surface area contributed by atoms with Crippen LogP contribution in [-0.2, 0) is 13.2 Å². The first kappa shape index (κ1) is 17.8. The number of halogens is 1. The summed E-state index contributed by atoms with van der Waals surface area (Å²) in [5.41, 5.74) is 3.18.